The average molecular weight is 392 g/mol. The largest absolute Gasteiger partial charge is 0.365 e. The molecule has 1 rings (SSSR count). The number of hydrazine groups is 1. The number of nitrogens with two attached hydrogens (primary N) is 1. The van der Waals surface area contributed by atoms with Gasteiger partial charge in [0.15, 0.2) is 5.03 Å². The molecule has 0 fully saturated rings. The molecule has 0 aliphatic rings. The van der Waals surface area contributed by atoms with Gasteiger partial charge in [-0.3, -0.25) is 4.79 Å². The number of guanidine groups is 1. The number of sulfonamides is 1. The maximum Gasteiger partial charge on any atom is 0.251 e. The van der Waals surface area contributed by atoms with Crippen molar-refractivity contribution in [1.29, 1.82) is 0 Å². The molecule has 0 saturated carbocycles. The van der Waals surface area contributed by atoms with Crippen molar-refractivity contribution in [1.82, 2.24) is 10.1 Å². The van der Waals surface area contributed by atoms with Crippen LogP contribution in [0.3, 0.4) is 0 Å². The fourth-order valence-corrected chi connectivity index (χ4v) is 3.27. The molecule has 0 aliphatic carbocycles. The smallest absolute Gasteiger partial charge is 0.251 e. The number of carbonyl (C=O) groups is 1. The van der Waals surface area contributed by atoms with Crippen molar-refractivity contribution in [3.05, 3.63) is 39.9 Å². The molecule has 12 heteroatoms. The van der Waals surface area contributed by atoms with Gasteiger partial charge < -0.3 is 5.73 Å². The van der Waals surface area contributed by atoms with Gasteiger partial charge in [-0.2, -0.15) is 4.72 Å². The predicted molar refractivity (Wildman–Crippen MR) is 92.0 cm³/mol. The SMILES string of the molecule is Cc1ccc(S(=O)(=O)NC(CCCN=C(N)N[N+](=O)[O-])C(=O)Cl)cc1. The van der Waals surface area contributed by atoms with Crippen LogP contribution in [0.2, 0.25) is 0 Å². The molecule has 1 atom stereocenters. The summed E-state index contributed by atoms with van der Waals surface area (Å²) in [6, 6.07) is 4.95. The van der Waals surface area contributed by atoms with Gasteiger partial charge in [0.2, 0.25) is 15.3 Å². The third kappa shape index (κ3) is 7.45. The molecule has 0 aliphatic heterocycles. The summed E-state index contributed by atoms with van der Waals surface area (Å²) >= 11 is 5.44. The Balaban J connectivity index is 2.67. The number of hydrogen-bond donors (Lipinski definition) is 3. The number of carbonyl (C=O) groups excluding carboxylic acids is 1. The minimum absolute atomic E-state index is 0.0125. The van der Waals surface area contributed by atoms with Crippen LogP contribution in [0.25, 0.3) is 0 Å². The van der Waals surface area contributed by atoms with Gasteiger partial charge in [-0.15, -0.1) is 0 Å². The second kappa shape index (κ2) is 9.30. The molecule has 0 bridgehead atoms. The van der Waals surface area contributed by atoms with Crippen molar-refractivity contribution in [3.63, 3.8) is 0 Å². The Morgan fingerprint density at radius 1 is 1.40 bits per heavy atom. The normalized spacial score (nSPS) is 13.3. The van der Waals surface area contributed by atoms with E-state index < -0.39 is 26.3 Å². The van der Waals surface area contributed by atoms with Crippen LogP contribution in [-0.2, 0) is 14.8 Å². The van der Waals surface area contributed by atoms with Crippen LogP contribution in [-0.4, -0.2) is 37.2 Å². The van der Waals surface area contributed by atoms with E-state index in [-0.39, 0.29) is 30.2 Å². The van der Waals surface area contributed by atoms with Crippen molar-refractivity contribution >= 4 is 32.8 Å². The molecule has 0 radical (unpaired) electrons. The second-order valence-corrected chi connectivity index (χ2v) is 7.16. The van der Waals surface area contributed by atoms with Gasteiger partial charge in [0.05, 0.1) is 10.9 Å². The third-order valence-corrected chi connectivity index (χ3v) is 4.79. The summed E-state index contributed by atoms with van der Waals surface area (Å²) in [5.41, 5.74) is 7.79. The van der Waals surface area contributed by atoms with E-state index in [9.17, 15) is 23.3 Å². The Kier molecular flexibility index (Phi) is 7.74. The third-order valence-electron chi connectivity index (χ3n) is 3.04. The molecular weight excluding hydrogens is 374 g/mol. The Morgan fingerprint density at radius 2 is 2.00 bits per heavy atom. The van der Waals surface area contributed by atoms with Gasteiger partial charge >= 0.3 is 0 Å². The van der Waals surface area contributed by atoms with E-state index in [1.54, 1.807) is 17.6 Å². The highest BCUT2D eigenvalue weighted by Crippen LogP contribution is 2.13. The van der Waals surface area contributed by atoms with E-state index in [4.69, 9.17) is 17.3 Å². The number of nitrogens with zero attached hydrogens (tertiary/aromatic N) is 2. The van der Waals surface area contributed by atoms with Crippen molar-refractivity contribution in [2.24, 2.45) is 10.7 Å². The van der Waals surface area contributed by atoms with E-state index >= 15 is 0 Å². The number of aliphatic imine (C=N–C) groups is 1. The highest BCUT2D eigenvalue weighted by atomic mass is 35.5. The predicted octanol–water partition coefficient (Wildman–Crippen LogP) is 0.284. The summed E-state index contributed by atoms with van der Waals surface area (Å²) in [4.78, 5) is 25.3. The lowest BCUT2D eigenvalue weighted by molar-refractivity contribution is -0.525. The number of hydrogen-bond acceptors (Lipinski definition) is 6. The van der Waals surface area contributed by atoms with Gasteiger partial charge in [0.1, 0.15) is 0 Å². The topological polar surface area (TPSA) is 157 Å². The number of aryl methyl sites for hydroxylation is 1. The number of nitro groups is 1. The van der Waals surface area contributed by atoms with Crippen LogP contribution in [0.1, 0.15) is 18.4 Å². The van der Waals surface area contributed by atoms with Crippen LogP contribution < -0.4 is 15.9 Å². The average Bonchev–Trinajstić information content (AvgIpc) is 2.49. The van der Waals surface area contributed by atoms with Gasteiger partial charge in [-0.25, -0.2) is 23.5 Å². The lowest BCUT2D eigenvalue weighted by atomic mass is 10.2. The van der Waals surface area contributed by atoms with E-state index in [2.05, 4.69) is 9.71 Å². The Morgan fingerprint density at radius 3 is 2.52 bits per heavy atom. The molecule has 0 saturated heterocycles. The highest BCUT2D eigenvalue weighted by molar-refractivity contribution is 7.89. The zero-order chi connectivity index (χ0) is 19.0. The summed E-state index contributed by atoms with van der Waals surface area (Å²) in [5.74, 6) is -0.390. The molecule has 0 aromatic heterocycles. The summed E-state index contributed by atoms with van der Waals surface area (Å²) < 4.78 is 26.8. The monoisotopic (exact) mass is 391 g/mol. The number of nitrogens with one attached hydrogen (secondary N) is 2. The van der Waals surface area contributed by atoms with E-state index in [0.717, 1.165) is 5.56 Å². The zero-order valence-corrected chi connectivity index (χ0v) is 14.9. The van der Waals surface area contributed by atoms with E-state index in [0.29, 0.717) is 0 Å². The van der Waals surface area contributed by atoms with Crippen molar-refractivity contribution in [2.45, 2.75) is 30.7 Å². The lowest BCUT2D eigenvalue weighted by Gasteiger charge is -2.14. The number of halogens is 1. The Hall–Kier alpha value is -2.24. The van der Waals surface area contributed by atoms with E-state index in [1.807, 2.05) is 6.92 Å². The molecule has 0 spiro atoms. The Bertz CT molecular complexity index is 751. The maximum absolute atomic E-state index is 12.3. The van der Waals surface area contributed by atoms with Crippen LogP contribution in [0.15, 0.2) is 34.2 Å². The number of benzene rings is 1. The molecule has 1 aromatic rings. The quantitative estimate of drug-likeness (QED) is 0.136. The van der Waals surface area contributed by atoms with Crippen LogP contribution in [0.5, 0.6) is 0 Å². The molecule has 25 heavy (non-hydrogen) atoms. The molecule has 1 unspecified atom stereocenters. The minimum Gasteiger partial charge on any atom is -0.365 e. The molecule has 10 nitrogen and oxygen atoms in total. The molecule has 1 aromatic carbocycles. The van der Waals surface area contributed by atoms with Gasteiger partial charge in [0.25, 0.3) is 5.96 Å². The molecule has 0 amide bonds. The first-order valence-electron chi connectivity index (χ1n) is 7.11. The van der Waals surface area contributed by atoms with Crippen LogP contribution in [0.4, 0.5) is 0 Å². The van der Waals surface area contributed by atoms with Crippen molar-refractivity contribution in [2.75, 3.05) is 6.54 Å². The lowest BCUT2D eigenvalue weighted by Crippen LogP contribution is -2.39. The maximum atomic E-state index is 12.3. The van der Waals surface area contributed by atoms with Gasteiger partial charge in [0, 0.05) is 6.54 Å². The van der Waals surface area contributed by atoms with Gasteiger partial charge in [-0.1, -0.05) is 23.1 Å². The second-order valence-electron chi connectivity index (χ2n) is 5.07. The molecule has 0 heterocycles. The fourth-order valence-electron chi connectivity index (χ4n) is 1.82. The van der Waals surface area contributed by atoms with Crippen LogP contribution in [0, 0.1) is 17.0 Å². The van der Waals surface area contributed by atoms with Crippen molar-refractivity contribution < 1.29 is 18.2 Å². The van der Waals surface area contributed by atoms with Crippen LogP contribution >= 0.6 is 11.6 Å². The summed E-state index contributed by atoms with van der Waals surface area (Å²) in [5, 5.41) is 8.42. The first kappa shape index (κ1) is 20.8. The summed E-state index contributed by atoms with van der Waals surface area (Å²) in [6.07, 6.45) is 0.294. The molecule has 4 N–H and O–H groups in total. The molecular formula is C13H18ClN5O5S. The Labute approximate surface area is 149 Å². The summed E-state index contributed by atoms with van der Waals surface area (Å²) in [6.45, 7) is 1.87. The molecule has 138 valence electrons. The first-order chi connectivity index (χ1) is 11.6. The van der Waals surface area contributed by atoms with Gasteiger partial charge in [-0.05, 0) is 43.5 Å². The highest BCUT2D eigenvalue weighted by Gasteiger charge is 2.24. The fraction of sp³-hybridized carbons (Fsp3) is 0.385. The zero-order valence-electron chi connectivity index (χ0n) is 13.3. The minimum atomic E-state index is -3.91. The summed E-state index contributed by atoms with van der Waals surface area (Å²) in [7, 11) is -3.91. The standard InChI is InChI=1S/C13H18ClN5O5S/c1-9-4-6-10(7-5-9)25(23,24)18-11(12(14)20)3-2-8-16-13(15)17-19(21)22/h4-7,11,18H,2-3,8H2,1H3,(H3,15,16,17). The number of rotatable bonds is 9. The van der Waals surface area contributed by atoms with Crippen molar-refractivity contribution in [3.8, 4) is 0 Å². The first-order valence-corrected chi connectivity index (χ1v) is 8.97. The van der Waals surface area contributed by atoms with E-state index in [1.165, 1.54) is 12.1 Å².